The first-order chi connectivity index (χ1) is 11.1. The zero-order valence-electron chi connectivity index (χ0n) is 12.6. The number of nitrogens with one attached hydrogen (secondary N) is 1. The van der Waals surface area contributed by atoms with E-state index in [1.807, 2.05) is 13.8 Å². The fraction of sp³-hybridized carbons (Fsp3) is 0.286. The van der Waals surface area contributed by atoms with Gasteiger partial charge in [0.1, 0.15) is 5.82 Å². The molecule has 0 aliphatic rings. The van der Waals surface area contributed by atoms with Crippen LogP contribution in [0.25, 0.3) is 11.7 Å². The molecule has 0 aliphatic carbocycles. The molecule has 8 nitrogen and oxygen atoms in total. The molecule has 3 rings (SSSR count). The van der Waals surface area contributed by atoms with Crippen LogP contribution in [0.2, 0.25) is 0 Å². The van der Waals surface area contributed by atoms with E-state index < -0.39 is 0 Å². The summed E-state index contributed by atoms with van der Waals surface area (Å²) in [6, 6.07) is 5.38. The number of carbonyl (C=O) groups excluding carboxylic acids is 1. The lowest BCUT2D eigenvalue weighted by Crippen LogP contribution is -2.18. The number of furan rings is 1. The van der Waals surface area contributed by atoms with E-state index in [0.29, 0.717) is 16.8 Å². The van der Waals surface area contributed by atoms with Crippen molar-refractivity contribution >= 4 is 23.5 Å². The topological polar surface area (TPSA) is 99.0 Å². The van der Waals surface area contributed by atoms with Crippen LogP contribution < -0.4 is 5.32 Å². The number of amides is 1. The van der Waals surface area contributed by atoms with Gasteiger partial charge >= 0.3 is 0 Å². The second-order valence-electron chi connectivity index (χ2n) is 4.94. The standard InChI is InChI=1S/C14H15N5O3S/c1-9(2)19-11(5-6-15-19)16-12(20)8-23-14-18-17-13(22-14)10-4-3-7-21-10/h3-7,9H,8H2,1-2H3,(H,16,20). The molecule has 1 N–H and O–H groups in total. The Morgan fingerprint density at radius 3 is 3.00 bits per heavy atom. The Morgan fingerprint density at radius 2 is 2.26 bits per heavy atom. The minimum absolute atomic E-state index is 0.156. The molecule has 0 atom stereocenters. The quantitative estimate of drug-likeness (QED) is 0.692. The molecular weight excluding hydrogens is 318 g/mol. The summed E-state index contributed by atoms with van der Waals surface area (Å²) in [6.45, 7) is 3.98. The molecule has 1 amide bonds. The SMILES string of the molecule is CC(C)n1nccc1NC(=O)CSc1nnc(-c2ccco2)o1. The summed E-state index contributed by atoms with van der Waals surface area (Å²) in [5, 5.41) is 15.0. The van der Waals surface area contributed by atoms with Gasteiger partial charge in [-0.1, -0.05) is 11.8 Å². The van der Waals surface area contributed by atoms with Crippen molar-refractivity contribution < 1.29 is 13.6 Å². The number of hydrogen-bond donors (Lipinski definition) is 1. The van der Waals surface area contributed by atoms with E-state index in [-0.39, 0.29) is 23.6 Å². The number of hydrogen-bond acceptors (Lipinski definition) is 7. The van der Waals surface area contributed by atoms with Crippen LogP contribution in [0.3, 0.4) is 0 Å². The normalized spacial score (nSPS) is 11.1. The molecule has 0 aliphatic heterocycles. The van der Waals surface area contributed by atoms with E-state index in [4.69, 9.17) is 8.83 Å². The molecule has 3 heterocycles. The third kappa shape index (κ3) is 3.62. The smallest absolute Gasteiger partial charge is 0.284 e. The first kappa shape index (κ1) is 15.3. The van der Waals surface area contributed by atoms with Gasteiger partial charge < -0.3 is 14.2 Å². The van der Waals surface area contributed by atoms with Crippen molar-refractivity contribution in [3.8, 4) is 11.7 Å². The molecule has 0 fully saturated rings. The second-order valence-corrected chi connectivity index (χ2v) is 5.87. The van der Waals surface area contributed by atoms with Crippen molar-refractivity contribution in [1.29, 1.82) is 0 Å². The Balaban J connectivity index is 1.56. The molecule has 0 unspecified atom stereocenters. The Kier molecular flexibility index (Phi) is 4.47. The number of nitrogens with zero attached hydrogens (tertiary/aromatic N) is 4. The van der Waals surface area contributed by atoms with Gasteiger partial charge in [0.15, 0.2) is 5.76 Å². The van der Waals surface area contributed by atoms with Crippen molar-refractivity contribution in [1.82, 2.24) is 20.0 Å². The highest BCUT2D eigenvalue weighted by atomic mass is 32.2. The van der Waals surface area contributed by atoms with Gasteiger partial charge in [0, 0.05) is 12.1 Å². The van der Waals surface area contributed by atoms with Gasteiger partial charge in [0.05, 0.1) is 18.2 Å². The summed E-state index contributed by atoms with van der Waals surface area (Å²) in [6.07, 6.45) is 3.17. The highest BCUT2D eigenvalue weighted by Gasteiger charge is 2.14. The van der Waals surface area contributed by atoms with Gasteiger partial charge in [-0.05, 0) is 26.0 Å². The fourth-order valence-corrected chi connectivity index (χ4v) is 2.46. The Morgan fingerprint density at radius 1 is 1.39 bits per heavy atom. The van der Waals surface area contributed by atoms with Gasteiger partial charge in [-0.25, -0.2) is 4.68 Å². The number of rotatable bonds is 6. The number of anilines is 1. The van der Waals surface area contributed by atoms with Crippen molar-refractivity contribution in [2.45, 2.75) is 25.1 Å². The van der Waals surface area contributed by atoms with Crippen molar-refractivity contribution in [2.75, 3.05) is 11.1 Å². The first-order valence-electron chi connectivity index (χ1n) is 6.97. The molecule has 0 saturated heterocycles. The summed E-state index contributed by atoms with van der Waals surface area (Å²) in [4.78, 5) is 12.0. The lowest BCUT2D eigenvalue weighted by molar-refractivity contribution is -0.113. The van der Waals surface area contributed by atoms with E-state index in [9.17, 15) is 4.79 Å². The average Bonchev–Trinajstić information content (AvgIpc) is 3.25. The fourth-order valence-electron chi connectivity index (χ4n) is 1.90. The molecule has 23 heavy (non-hydrogen) atoms. The lowest BCUT2D eigenvalue weighted by atomic mass is 10.4. The average molecular weight is 333 g/mol. The Labute approximate surface area is 136 Å². The minimum atomic E-state index is -0.171. The summed E-state index contributed by atoms with van der Waals surface area (Å²) < 4.78 is 12.3. The Bertz CT molecular complexity index is 778. The van der Waals surface area contributed by atoms with E-state index >= 15 is 0 Å². The predicted molar refractivity (Wildman–Crippen MR) is 84.0 cm³/mol. The molecular formula is C14H15N5O3S. The van der Waals surface area contributed by atoms with Crippen LogP contribution in [0.15, 0.2) is 44.7 Å². The monoisotopic (exact) mass is 333 g/mol. The summed E-state index contributed by atoms with van der Waals surface area (Å²) >= 11 is 1.16. The molecule has 0 bridgehead atoms. The van der Waals surface area contributed by atoms with Gasteiger partial charge in [-0.3, -0.25) is 4.79 Å². The predicted octanol–water partition coefficient (Wildman–Crippen LogP) is 2.84. The zero-order chi connectivity index (χ0) is 16.2. The van der Waals surface area contributed by atoms with E-state index in [2.05, 4.69) is 20.6 Å². The van der Waals surface area contributed by atoms with Gasteiger partial charge in [-0.2, -0.15) is 5.10 Å². The maximum atomic E-state index is 12.0. The summed E-state index contributed by atoms with van der Waals surface area (Å²) in [5.41, 5.74) is 0. The van der Waals surface area contributed by atoms with Crippen LogP contribution in [0, 0.1) is 0 Å². The third-order valence-corrected chi connectivity index (χ3v) is 3.71. The largest absolute Gasteiger partial charge is 0.459 e. The summed E-state index contributed by atoms with van der Waals surface area (Å²) in [7, 11) is 0. The van der Waals surface area contributed by atoms with Crippen LogP contribution in [-0.4, -0.2) is 31.6 Å². The van der Waals surface area contributed by atoms with Crippen LogP contribution >= 0.6 is 11.8 Å². The highest BCUT2D eigenvalue weighted by molar-refractivity contribution is 7.99. The van der Waals surface area contributed by atoms with E-state index in [0.717, 1.165) is 11.8 Å². The van der Waals surface area contributed by atoms with Gasteiger partial charge in [0.2, 0.25) is 5.91 Å². The maximum Gasteiger partial charge on any atom is 0.284 e. The van der Waals surface area contributed by atoms with Crippen LogP contribution in [-0.2, 0) is 4.79 Å². The zero-order valence-corrected chi connectivity index (χ0v) is 13.4. The molecule has 120 valence electrons. The number of aromatic nitrogens is 4. The minimum Gasteiger partial charge on any atom is -0.459 e. The molecule has 3 aromatic heterocycles. The second kappa shape index (κ2) is 6.69. The van der Waals surface area contributed by atoms with Gasteiger partial charge in [-0.15, -0.1) is 10.2 Å². The molecule has 0 spiro atoms. The van der Waals surface area contributed by atoms with Crippen LogP contribution in [0.5, 0.6) is 0 Å². The van der Waals surface area contributed by atoms with Gasteiger partial charge in [0.25, 0.3) is 11.1 Å². The van der Waals surface area contributed by atoms with Crippen molar-refractivity contribution in [3.63, 3.8) is 0 Å². The Hall–Kier alpha value is -2.55. The van der Waals surface area contributed by atoms with Crippen molar-refractivity contribution in [3.05, 3.63) is 30.7 Å². The van der Waals surface area contributed by atoms with Crippen LogP contribution in [0.4, 0.5) is 5.82 Å². The maximum absolute atomic E-state index is 12.0. The highest BCUT2D eigenvalue weighted by Crippen LogP contribution is 2.23. The van der Waals surface area contributed by atoms with Crippen LogP contribution in [0.1, 0.15) is 19.9 Å². The lowest BCUT2D eigenvalue weighted by Gasteiger charge is -2.11. The molecule has 3 aromatic rings. The molecule has 0 radical (unpaired) electrons. The number of carbonyl (C=O) groups is 1. The first-order valence-corrected chi connectivity index (χ1v) is 7.95. The molecule has 0 saturated carbocycles. The summed E-state index contributed by atoms with van der Waals surface area (Å²) in [5.74, 6) is 1.43. The molecule has 9 heteroatoms. The third-order valence-electron chi connectivity index (χ3n) is 2.89. The van der Waals surface area contributed by atoms with E-state index in [1.165, 1.54) is 6.26 Å². The van der Waals surface area contributed by atoms with E-state index in [1.54, 1.807) is 29.1 Å². The van der Waals surface area contributed by atoms with Crippen molar-refractivity contribution in [2.24, 2.45) is 0 Å². The molecule has 0 aromatic carbocycles. The number of thioether (sulfide) groups is 1.